The molecule has 1 fully saturated rings. The van der Waals surface area contributed by atoms with Crippen molar-refractivity contribution in [3.05, 3.63) is 70.0 Å². The molecule has 0 bridgehead atoms. The highest BCUT2D eigenvalue weighted by molar-refractivity contribution is 5.90. The number of methoxy groups -OCH3 is 1. The summed E-state index contributed by atoms with van der Waals surface area (Å²) >= 11 is 0. The van der Waals surface area contributed by atoms with Crippen LogP contribution >= 0.6 is 0 Å². The van der Waals surface area contributed by atoms with Crippen molar-refractivity contribution < 1.29 is 37.0 Å². The maximum absolute atomic E-state index is 13.5. The number of amides is 1. The maximum Gasteiger partial charge on any atom is 0.417 e. The molecule has 4 rings (SSSR count). The Morgan fingerprint density at radius 1 is 1.08 bits per heavy atom. The number of benzene rings is 2. The van der Waals surface area contributed by atoms with Gasteiger partial charge in [-0.25, -0.2) is 4.79 Å². The third kappa shape index (κ3) is 6.17. The van der Waals surface area contributed by atoms with Crippen molar-refractivity contribution in [2.45, 2.75) is 24.6 Å². The molecular formula is C26H25F3N2O6. The second-order valence-electron chi connectivity index (χ2n) is 8.62. The Bertz CT molecular complexity index is 1350. The maximum atomic E-state index is 13.5. The van der Waals surface area contributed by atoms with E-state index in [0.29, 0.717) is 24.0 Å². The van der Waals surface area contributed by atoms with Crippen molar-refractivity contribution in [3.8, 4) is 11.3 Å². The lowest BCUT2D eigenvalue weighted by atomic mass is 9.93. The number of rotatable bonds is 9. The van der Waals surface area contributed by atoms with E-state index < -0.39 is 35.2 Å². The molecule has 2 N–H and O–H groups in total. The highest BCUT2D eigenvalue weighted by Crippen LogP contribution is 2.37. The molecule has 0 spiro atoms. The number of hydrogen-bond acceptors (Lipinski definition) is 6. The summed E-state index contributed by atoms with van der Waals surface area (Å²) in [5.41, 5.74) is -0.920. The first kappa shape index (κ1) is 26.4. The number of hydrogen-bond donors (Lipinski definition) is 2. The summed E-state index contributed by atoms with van der Waals surface area (Å²) in [7, 11) is 1.52. The van der Waals surface area contributed by atoms with Gasteiger partial charge in [0.2, 0.25) is 5.91 Å². The van der Waals surface area contributed by atoms with Gasteiger partial charge < -0.3 is 24.5 Å². The van der Waals surface area contributed by atoms with Gasteiger partial charge in [-0.1, -0.05) is 30.3 Å². The fourth-order valence-corrected chi connectivity index (χ4v) is 4.29. The SMILES string of the molecule is COCCOCC(=O)OCC1C[C@@H](c2ccc3cc(-c4ccccc4C(F)(F)F)[nH]c(=O)c3c2)C(=O)N1. The quantitative estimate of drug-likeness (QED) is 0.332. The van der Waals surface area contributed by atoms with Gasteiger partial charge in [0, 0.05) is 23.8 Å². The van der Waals surface area contributed by atoms with Gasteiger partial charge in [-0.05, 0) is 35.6 Å². The molecule has 37 heavy (non-hydrogen) atoms. The van der Waals surface area contributed by atoms with E-state index in [2.05, 4.69) is 10.3 Å². The standard InChI is InChI=1S/C26H25F3N2O6/c1-35-8-9-36-14-23(32)37-13-17-12-20(24(33)30-17)15-6-7-16-11-22(31-25(34)19(16)10-15)18-4-2-3-5-21(18)26(27,28)29/h2-7,10-11,17,20H,8-9,12-14H2,1H3,(H,30,33)(H,31,34)/t17?,20-/m0/s1. The predicted molar refractivity (Wildman–Crippen MR) is 128 cm³/mol. The van der Waals surface area contributed by atoms with Crippen LogP contribution in [-0.4, -0.2) is 56.4 Å². The minimum Gasteiger partial charge on any atom is -0.462 e. The number of alkyl halides is 3. The Balaban J connectivity index is 1.49. The Morgan fingerprint density at radius 2 is 1.86 bits per heavy atom. The van der Waals surface area contributed by atoms with Crippen LogP contribution in [0, 0.1) is 0 Å². The number of carbonyl (C=O) groups is 2. The Labute approximate surface area is 209 Å². The first-order chi connectivity index (χ1) is 17.7. The molecule has 0 radical (unpaired) electrons. The van der Waals surface area contributed by atoms with Gasteiger partial charge in [-0.3, -0.25) is 9.59 Å². The van der Waals surface area contributed by atoms with Crippen molar-refractivity contribution in [1.82, 2.24) is 10.3 Å². The minimum absolute atomic E-state index is 0.0230. The number of pyridine rings is 1. The van der Waals surface area contributed by atoms with Gasteiger partial charge in [0.1, 0.15) is 13.2 Å². The topological polar surface area (TPSA) is 107 Å². The molecule has 1 unspecified atom stereocenters. The molecule has 8 nitrogen and oxygen atoms in total. The molecule has 0 saturated carbocycles. The van der Waals surface area contributed by atoms with Gasteiger partial charge in [0.05, 0.1) is 30.7 Å². The van der Waals surface area contributed by atoms with Crippen molar-refractivity contribution in [2.24, 2.45) is 0 Å². The molecule has 2 atom stereocenters. The number of esters is 1. The molecule has 196 valence electrons. The number of carbonyl (C=O) groups excluding carboxylic acids is 2. The highest BCUT2D eigenvalue weighted by Gasteiger charge is 2.35. The van der Waals surface area contributed by atoms with E-state index in [1.165, 1.54) is 31.4 Å². The number of halogens is 3. The third-order valence-electron chi connectivity index (χ3n) is 6.08. The molecule has 2 heterocycles. The smallest absolute Gasteiger partial charge is 0.417 e. The average Bonchev–Trinajstić information content (AvgIpc) is 3.25. The lowest BCUT2D eigenvalue weighted by molar-refractivity contribution is -0.150. The summed E-state index contributed by atoms with van der Waals surface area (Å²) < 4.78 is 55.5. The van der Waals surface area contributed by atoms with Crippen LogP contribution in [0.5, 0.6) is 0 Å². The van der Waals surface area contributed by atoms with Crippen LogP contribution in [0.4, 0.5) is 13.2 Å². The number of ether oxygens (including phenoxy) is 3. The van der Waals surface area contributed by atoms with E-state index >= 15 is 0 Å². The molecule has 3 aromatic rings. The van der Waals surface area contributed by atoms with Gasteiger partial charge in [0.15, 0.2) is 0 Å². The Kier molecular flexibility index (Phi) is 7.94. The fourth-order valence-electron chi connectivity index (χ4n) is 4.29. The normalized spacial score (nSPS) is 17.7. The van der Waals surface area contributed by atoms with E-state index in [-0.39, 0.29) is 42.4 Å². The second kappa shape index (κ2) is 11.1. The molecule has 1 aromatic heterocycles. The number of H-pyrrole nitrogens is 1. The fraction of sp³-hybridized carbons (Fsp3) is 0.346. The first-order valence-corrected chi connectivity index (χ1v) is 11.5. The van der Waals surface area contributed by atoms with Gasteiger partial charge in [-0.2, -0.15) is 13.2 Å². The van der Waals surface area contributed by atoms with E-state index in [1.807, 2.05) is 0 Å². The molecular weight excluding hydrogens is 493 g/mol. The number of fused-ring (bicyclic) bond motifs is 1. The highest BCUT2D eigenvalue weighted by atomic mass is 19.4. The van der Waals surface area contributed by atoms with Gasteiger partial charge in [-0.15, -0.1) is 0 Å². The molecule has 11 heteroatoms. The summed E-state index contributed by atoms with van der Waals surface area (Å²) in [5, 5.41) is 3.47. The summed E-state index contributed by atoms with van der Waals surface area (Å²) in [4.78, 5) is 39.7. The lowest BCUT2D eigenvalue weighted by Crippen LogP contribution is -2.31. The lowest BCUT2D eigenvalue weighted by Gasteiger charge is -2.14. The Hall–Kier alpha value is -3.70. The van der Waals surface area contributed by atoms with Crippen molar-refractivity contribution in [1.29, 1.82) is 0 Å². The minimum atomic E-state index is -4.58. The van der Waals surface area contributed by atoms with E-state index in [0.717, 1.165) is 6.07 Å². The summed E-state index contributed by atoms with van der Waals surface area (Å²) in [6.07, 6.45) is -4.23. The number of aromatic nitrogens is 1. The monoisotopic (exact) mass is 518 g/mol. The zero-order chi connectivity index (χ0) is 26.6. The van der Waals surface area contributed by atoms with Gasteiger partial charge in [0.25, 0.3) is 5.56 Å². The average molecular weight is 518 g/mol. The van der Waals surface area contributed by atoms with Crippen LogP contribution < -0.4 is 10.9 Å². The Morgan fingerprint density at radius 3 is 2.62 bits per heavy atom. The van der Waals surface area contributed by atoms with Crippen LogP contribution in [0.1, 0.15) is 23.5 Å². The van der Waals surface area contributed by atoms with Crippen molar-refractivity contribution in [3.63, 3.8) is 0 Å². The summed E-state index contributed by atoms with van der Waals surface area (Å²) in [6.45, 7) is 0.358. The summed E-state index contributed by atoms with van der Waals surface area (Å²) in [5.74, 6) is -1.41. The third-order valence-corrected chi connectivity index (χ3v) is 6.08. The molecule has 1 saturated heterocycles. The molecule has 0 aliphatic carbocycles. The van der Waals surface area contributed by atoms with E-state index in [4.69, 9.17) is 14.2 Å². The van der Waals surface area contributed by atoms with Crippen molar-refractivity contribution in [2.75, 3.05) is 33.5 Å². The zero-order valence-corrected chi connectivity index (χ0v) is 19.9. The zero-order valence-electron chi connectivity index (χ0n) is 19.9. The van der Waals surface area contributed by atoms with Crippen LogP contribution in [0.25, 0.3) is 22.0 Å². The molecule has 1 aliphatic rings. The molecule has 1 amide bonds. The van der Waals surface area contributed by atoms with Crippen LogP contribution in [0.2, 0.25) is 0 Å². The summed E-state index contributed by atoms with van der Waals surface area (Å²) in [6, 6.07) is 10.9. The largest absolute Gasteiger partial charge is 0.462 e. The second-order valence-corrected chi connectivity index (χ2v) is 8.62. The molecule has 1 aliphatic heterocycles. The van der Waals surface area contributed by atoms with E-state index in [1.54, 1.807) is 18.2 Å². The number of nitrogens with one attached hydrogen (secondary N) is 2. The van der Waals surface area contributed by atoms with Crippen LogP contribution in [0.15, 0.2) is 53.3 Å². The van der Waals surface area contributed by atoms with Crippen molar-refractivity contribution >= 4 is 22.6 Å². The van der Waals surface area contributed by atoms with Crippen LogP contribution in [-0.2, 0) is 30.0 Å². The first-order valence-electron chi connectivity index (χ1n) is 11.5. The predicted octanol–water partition coefficient (Wildman–Crippen LogP) is 3.39. The molecule has 2 aromatic carbocycles. The van der Waals surface area contributed by atoms with Crippen LogP contribution in [0.3, 0.4) is 0 Å². The van der Waals surface area contributed by atoms with E-state index in [9.17, 15) is 27.6 Å². The van der Waals surface area contributed by atoms with Gasteiger partial charge >= 0.3 is 12.1 Å². The number of aromatic amines is 1.